The molecule has 0 spiro atoms. The first-order valence-corrected chi connectivity index (χ1v) is 49.3. The van der Waals surface area contributed by atoms with Crippen LogP contribution in [-0.2, 0) is 52.3 Å². The van der Waals surface area contributed by atoms with Crippen molar-refractivity contribution in [3.05, 3.63) is 46.1 Å². The molecule has 12 fully saturated rings. The number of fused-ring (bicyclic) bond motifs is 19. The number of carbonyl (C=O) groups is 7. The fourth-order valence-electron chi connectivity index (χ4n) is 30.3. The lowest BCUT2D eigenvalue weighted by atomic mass is 9.45. The maximum Gasteiger partial charge on any atom is 0.508 e. The van der Waals surface area contributed by atoms with Gasteiger partial charge in [-0.1, -0.05) is 130 Å². The number of ether oxygens (including phenoxy) is 8. The van der Waals surface area contributed by atoms with E-state index < -0.39 is 24.6 Å². The van der Waals surface area contributed by atoms with Crippen molar-refractivity contribution >= 4 is 42.0 Å². The maximum absolute atomic E-state index is 12.6. The minimum absolute atomic E-state index is 0.00750. The van der Waals surface area contributed by atoms with Gasteiger partial charge in [-0.15, -0.1) is 0 Å². The number of hydrogen-bond donors (Lipinski definition) is 0. The van der Waals surface area contributed by atoms with Gasteiger partial charge in [0.1, 0.15) is 60.4 Å². The number of rotatable bonds is 16. The second kappa shape index (κ2) is 36.9. The molecule has 668 valence electrons. The standard InChI is InChI=1S/C32H52O3.C24H38O4.2C24H36O4/c1-8-23(5)34-30(33)35-25-16-18-31(6)24(20-25)12-13-26-28-15-14-27(22(4)11-9-10-21(2)3)32(28,7)19-17-29(26)31;2*1-5-15(2)27-22(26)28-17-10-12-23(3)16(14-17)6-7-18-19-8-9-21(25)24(19,4)13-11-20(18)23;1-5-15(2)27-22(26)28-21-9-8-19-18-7-6-16-14-17(25)10-12-23(16,3)20(18)11-13-24(19,21)4/h10,22-25,27-28H,8-9,11-20H2,1-7H3;15-20H,5-14H2,1-4H3;6,15,17-20H,5,7-14H2,1-4H3;14-15,18-21H,5-13H2,1-4H3. The molecular formula is C104H162O15. The largest absolute Gasteiger partial charge is 0.508 e. The Hall–Kier alpha value is -4.95. The highest BCUT2D eigenvalue weighted by atomic mass is 16.7. The van der Waals surface area contributed by atoms with Crippen molar-refractivity contribution in [1.29, 1.82) is 0 Å². The van der Waals surface area contributed by atoms with Crippen molar-refractivity contribution in [1.82, 2.24) is 0 Å². The van der Waals surface area contributed by atoms with E-state index in [-0.39, 0.29) is 75.9 Å². The minimum Gasteiger partial charge on any atom is -0.431 e. The Kier molecular flexibility index (Phi) is 28.5. The van der Waals surface area contributed by atoms with Crippen LogP contribution in [0.1, 0.15) is 388 Å². The molecule has 0 N–H and O–H groups in total. The summed E-state index contributed by atoms with van der Waals surface area (Å²) < 4.78 is 44.4. The van der Waals surface area contributed by atoms with Crippen LogP contribution in [0.25, 0.3) is 0 Å². The molecule has 16 aliphatic rings. The first-order valence-electron chi connectivity index (χ1n) is 49.3. The van der Waals surface area contributed by atoms with E-state index in [9.17, 15) is 33.6 Å². The van der Waals surface area contributed by atoms with Crippen LogP contribution in [0.2, 0.25) is 0 Å². The Balaban J connectivity index is 0.000000138. The van der Waals surface area contributed by atoms with Crippen molar-refractivity contribution in [2.75, 3.05) is 0 Å². The topological polar surface area (TPSA) is 193 Å². The molecule has 15 heteroatoms. The molecule has 0 radical (unpaired) electrons. The molecule has 30 unspecified atom stereocenters. The lowest BCUT2D eigenvalue weighted by Gasteiger charge is -2.60. The summed E-state index contributed by atoms with van der Waals surface area (Å²) in [6.45, 7) is 42.1. The molecule has 0 aliphatic heterocycles. The molecule has 16 aliphatic carbocycles. The summed E-state index contributed by atoms with van der Waals surface area (Å²) in [6, 6.07) is 0. The van der Waals surface area contributed by atoms with Gasteiger partial charge in [0.15, 0.2) is 5.78 Å². The quantitative estimate of drug-likeness (QED) is 0.0804. The van der Waals surface area contributed by atoms with Gasteiger partial charge < -0.3 is 37.9 Å². The molecule has 0 heterocycles. The first kappa shape index (κ1) is 91.7. The van der Waals surface area contributed by atoms with E-state index in [1.807, 2.05) is 72.6 Å². The second-order valence-electron chi connectivity index (χ2n) is 44.5. The zero-order valence-electron chi connectivity index (χ0n) is 77.8. The first-order chi connectivity index (χ1) is 56.4. The summed E-state index contributed by atoms with van der Waals surface area (Å²) in [5.74, 6) is 11.0. The molecular weight excluding hydrogens is 1490 g/mol. The van der Waals surface area contributed by atoms with E-state index in [0.717, 1.165) is 190 Å². The Bertz CT molecular complexity index is 3780. The Labute approximate surface area is 719 Å². The zero-order chi connectivity index (χ0) is 85.7. The molecule has 0 aromatic heterocycles. The average Bonchev–Trinajstić information content (AvgIpc) is 1.68. The summed E-state index contributed by atoms with van der Waals surface area (Å²) in [4.78, 5) is 85.6. The van der Waals surface area contributed by atoms with Crippen molar-refractivity contribution in [2.24, 2.45) is 126 Å². The van der Waals surface area contributed by atoms with Gasteiger partial charge in [0.05, 0.1) is 0 Å². The van der Waals surface area contributed by atoms with Crippen molar-refractivity contribution in [2.45, 2.75) is 437 Å². The number of ketones is 3. The average molecular weight is 1650 g/mol. The van der Waals surface area contributed by atoms with Crippen LogP contribution in [0, 0.1) is 126 Å². The van der Waals surface area contributed by atoms with Crippen LogP contribution in [0.15, 0.2) is 46.1 Å². The van der Waals surface area contributed by atoms with Crippen LogP contribution in [-0.4, -0.2) is 90.8 Å². The molecule has 0 aromatic rings. The Morgan fingerprint density at radius 2 is 0.916 bits per heavy atom. The lowest BCUT2D eigenvalue weighted by molar-refractivity contribution is -0.143. The summed E-state index contributed by atoms with van der Waals surface area (Å²) in [5.41, 5.74) is 9.56. The molecule has 0 aromatic carbocycles. The molecule has 16 rings (SSSR count). The number of carbonyl (C=O) groups excluding carboxylic acids is 7. The predicted molar refractivity (Wildman–Crippen MR) is 468 cm³/mol. The smallest absolute Gasteiger partial charge is 0.431 e. The van der Waals surface area contributed by atoms with Gasteiger partial charge in [-0.3, -0.25) is 14.4 Å². The molecule has 15 nitrogen and oxygen atoms in total. The maximum atomic E-state index is 12.6. The van der Waals surface area contributed by atoms with Crippen molar-refractivity contribution in [3.63, 3.8) is 0 Å². The summed E-state index contributed by atoms with van der Waals surface area (Å²) in [6.07, 6.45) is 47.6. The van der Waals surface area contributed by atoms with Crippen LogP contribution in [0.3, 0.4) is 0 Å². The Morgan fingerprint density at radius 1 is 0.420 bits per heavy atom. The van der Waals surface area contributed by atoms with Crippen LogP contribution < -0.4 is 0 Å². The molecule has 0 amide bonds. The van der Waals surface area contributed by atoms with Gasteiger partial charge in [-0.05, 0) is 389 Å². The van der Waals surface area contributed by atoms with Crippen LogP contribution >= 0.6 is 0 Å². The zero-order valence-corrected chi connectivity index (χ0v) is 77.8. The Morgan fingerprint density at radius 3 is 1.53 bits per heavy atom. The van der Waals surface area contributed by atoms with Crippen LogP contribution in [0.5, 0.6) is 0 Å². The summed E-state index contributed by atoms with van der Waals surface area (Å²) in [7, 11) is 0. The van der Waals surface area contributed by atoms with E-state index in [1.54, 1.807) is 0 Å². The van der Waals surface area contributed by atoms with E-state index in [4.69, 9.17) is 37.9 Å². The third kappa shape index (κ3) is 18.2. The summed E-state index contributed by atoms with van der Waals surface area (Å²) >= 11 is 0. The fourth-order valence-corrected chi connectivity index (χ4v) is 30.3. The minimum atomic E-state index is -0.518. The normalized spacial score (nSPS) is 42.4. The highest BCUT2D eigenvalue weighted by Gasteiger charge is 2.65. The molecule has 0 saturated heterocycles. The highest BCUT2D eigenvalue weighted by molar-refractivity contribution is 5.91. The predicted octanol–water partition coefficient (Wildman–Crippen LogP) is 27.0. The van der Waals surface area contributed by atoms with E-state index in [1.165, 1.54) is 107 Å². The SMILES string of the molecule is CCC(C)OC(=O)OC1CCC2(C)C(=CCC3C4CCC(=O)C4(C)CCC32)C1.CCC(C)OC(=O)OC1CCC2(C)C(CCC3C4CCC(=O)C4(C)CCC32)C1.CCC(C)OC(=O)OC1CCC2(C)C3=C(CCC2C1)C1CCC(C(C)CCC=C(C)C)C1(C)CC3.CCC(C)OC(=O)OC1CCC2C3CCC4=CC(=O)CCC4(C)C3CCC12C. The molecule has 30 atom stereocenters. The monoisotopic (exact) mass is 1650 g/mol. The summed E-state index contributed by atoms with van der Waals surface area (Å²) in [5, 5.41) is 0. The third-order valence-electron chi connectivity index (χ3n) is 38.4. The van der Waals surface area contributed by atoms with E-state index in [2.05, 4.69) is 88.3 Å². The number of allylic oxidation sites excluding steroid dienone is 6. The fraction of sp³-hybridized carbons (Fsp3) is 0.856. The molecule has 119 heavy (non-hydrogen) atoms. The van der Waals surface area contributed by atoms with Crippen molar-refractivity contribution < 1.29 is 71.5 Å². The second-order valence-corrected chi connectivity index (χ2v) is 44.5. The highest BCUT2D eigenvalue weighted by Crippen LogP contribution is 2.71. The number of hydrogen-bond acceptors (Lipinski definition) is 15. The van der Waals surface area contributed by atoms with Gasteiger partial charge in [0.25, 0.3) is 0 Å². The van der Waals surface area contributed by atoms with Crippen LogP contribution in [0.4, 0.5) is 19.2 Å². The lowest BCUT2D eigenvalue weighted by Crippen LogP contribution is -2.54. The molecule has 0 bridgehead atoms. The van der Waals surface area contributed by atoms with Gasteiger partial charge in [-0.2, -0.15) is 0 Å². The third-order valence-corrected chi connectivity index (χ3v) is 38.4. The molecule has 12 saturated carbocycles. The van der Waals surface area contributed by atoms with Crippen molar-refractivity contribution in [3.8, 4) is 0 Å². The van der Waals surface area contributed by atoms with Gasteiger partial charge >= 0.3 is 24.6 Å². The van der Waals surface area contributed by atoms with E-state index >= 15 is 0 Å². The van der Waals surface area contributed by atoms with E-state index in [0.29, 0.717) is 93.3 Å². The van der Waals surface area contributed by atoms with Gasteiger partial charge in [0, 0.05) is 41.9 Å². The van der Waals surface area contributed by atoms with Gasteiger partial charge in [-0.25, -0.2) is 19.2 Å². The van der Waals surface area contributed by atoms with Gasteiger partial charge in [0.2, 0.25) is 0 Å². The number of Topliss-reactive ketones (excluding diaryl/α,β-unsaturated/α-hetero) is 2.